The lowest BCUT2D eigenvalue weighted by atomic mass is 10.2. The van der Waals surface area contributed by atoms with Crippen LogP contribution in [-0.4, -0.2) is 10.3 Å². The lowest BCUT2D eigenvalue weighted by Crippen LogP contribution is -2.09. The van der Waals surface area contributed by atoms with Crippen LogP contribution in [0, 0.1) is 5.41 Å². The second-order valence-electron chi connectivity index (χ2n) is 2.36. The van der Waals surface area contributed by atoms with Crippen LogP contribution in [0.1, 0.15) is 5.69 Å². The van der Waals surface area contributed by atoms with Crippen molar-refractivity contribution in [1.82, 2.24) is 4.57 Å². The molecule has 2 heterocycles. The Morgan fingerprint density at radius 1 is 1.50 bits per heavy atom. The summed E-state index contributed by atoms with van der Waals surface area (Å²) < 4.78 is 2.06. The van der Waals surface area contributed by atoms with Gasteiger partial charge in [0.25, 0.3) is 0 Å². The molecule has 0 fully saturated rings. The van der Waals surface area contributed by atoms with E-state index in [0.717, 1.165) is 12.2 Å². The first-order valence-electron chi connectivity index (χ1n) is 3.28. The minimum Gasteiger partial charge on any atom is -0.342 e. The number of fused-ring (bicyclic) bond motifs is 1. The zero-order chi connectivity index (χ0) is 6.97. The van der Waals surface area contributed by atoms with E-state index in [1.54, 1.807) is 0 Å². The van der Waals surface area contributed by atoms with Gasteiger partial charge in [-0.25, -0.2) is 0 Å². The van der Waals surface area contributed by atoms with Crippen LogP contribution >= 0.6 is 0 Å². The number of nitrogens with one attached hydrogen (secondary N) is 1. The highest BCUT2D eigenvalue weighted by Crippen LogP contribution is 2.08. The Labute approximate surface area is 59.3 Å². The Kier molecular flexibility index (Phi) is 1.01. The molecule has 10 heavy (non-hydrogen) atoms. The van der Waals surface area contributed by atoms with Gasteiger partial charge in [-0.2, -0.15) is 0 Å². The molecule has 0 radical (unpaired) electrons. The van der Waals surface area contributed by atoms with Crippen molar-refractivity contribution in [3.8, 4) is 0 Å². The highest BCUT2D eigenvalue weighted by molar-refractivity contribution is 6.05. The fraction of sp³-hybridized carbons (Fsp3) is 0.125. The van der Waals surface area contributed by atoms with Crippen LogP contribution in [0.3, 0.4) is 0 Å². The Balaban J connectivity index is 2.58. The van der Waals surface area contributed by atoms with Crippen LogP contribution in [0.2, 0.25) is 0 Å². The first kappa shape index (κ1) is 5.47. The minimum absolute atomic E-state index is 0.608. The van der Waals surface area contributed by atoms with Crippen LogP contribution in [0.5, 0.6) is 0 Å². The quantitative estimate of drug-likeness (QED) is 0.553. The number of nitrogens with zero attached hydrogens (tertiary/aromatic N) is 1. The van der Waals surface area contributed by atoms with Gasteiger partial charge in [0, 0.05) is 12.7 Å². The fourth-order valence-corrected chi connectivity index (χ4v) is 1.19. The predicted molar refractivity (Wildman–Crippen MR) is 40.4 cm³/mol. The van der Waals surface area contributed by atoms with Gasteiger partial charge in [-0.05, 0) is 18.2 Å². The summed E-state index contributed by atoms with van der Waals surface area (Å²) in [6.45, 7) is 0.907. The SMILES string of the molecule is N=C1C=CCn2cccc21. The molecule has 2 heteroatoms. The molecule has 1 N–H and O–H groups in total. The first-order valence-corrected chi connectivity index (χ1v) is 3.28. The van der Waals surface area contributed by atoms with Crippen molar-refractivity contribution in [3.05, 3.63) is 36.2 Å². The van der Waals surface area contributed by atoms with E-state index in [1.165, 1.54) is 0 Å². The van der Waals surface area contributed by atoms with Crippen LogP contribution in [-0.2, 0) is 6.54 Å². The molecule has 0 saturated heterocycles. The van der Waals surface area contributed by atoms with Gasteiger partial charge < -0.3 is 4.57 Å². The number of allylic oxidation sites excluding steroid dienone is 2. The van der Waals surface area contributed by atoms with Gasteiger partial charge in [-0.15, -0.1) is 0 Å². The highest BCUT2D eigenvalue weighted by atomic mass is 15.0. The minimum atomic E-state index is 0.608. The van der Waals surface area contributed by atoms with Gasteiger partial charge >= 0.3 is 0 Å². The third-order valence-corrected chi connectivity index (χ3v) is 1.69. The van der Waals surface area contributed by atoms with E-state index in [-0.39, 0.29) is 0 Å². The van der Waals surface area contributed by atoms with Crippen molar-refractivity contribution in [1.29, 1.82) is 5.41 Å². The van der Waals surface area contributed by atoms with Crippen molar-refractivity contribution in [3.63, 3.8) is 0 Å². The van der Waals surface area contributed by atoms with Crippen LogP contribution in [0.4, 0.5) is 0 Å². The topological polar surface area (TPSA) is 28.8 Å². The standard InChI is InChI=1S/C8H8N2/c9-7-3-1-5-10-6-2-4-8(7)10/h1-4,6,9H,5H2. The Morgan fingerprint density at radius 3 is 3.20 bits per heavy atom. The van der Waals surface area contributed by atoms with Crippen LogP contribution in [0.15, 0.2) is 30.5 Å². The third kappa shape index (κ3) is 0.620. The summed E-state index contributed by atoms with van der Waals surface area (Å²) in [4.78, 5) is 0. The summed E-state index contributed by atoms with van der Waals surface area (Å²) in [6.07, 6.45) is 5.83. The zero-order valence-electron chi connectivity index (χ0n) is 5.54. The number of rotatable bonds is 0. The summed E-state index contributed by atoms with van der Waals surface area (Å²) in [7, 11) is 0. The normalized spacial score (nSPS) is 15.4. The van der Waals surface area contributed by atoms with Gasteiger partial charge in [0.1, 0.15) is 0 Å². The van der Waals surface area contributed by atoms with Crippen molar-refractivity contribution in [2.45, 2.75) is 6.54 Å². The second kappa shape index (κ2) is 1.84. The summed E-state index contributed by atoms with van der Waals surface area (Å²) in [6, 6.07) is 3.93. The van der Waals surface area contributed by atoms with Crippen molar-refractivity contribution in [2.24, 2.45) is 0 Å². The number of hydrogen-bond acceptors (Lipinski definition) is 1. The van der Waals surface area contributed by atoms with E-state index in [0.29, 0.717) is 5.71 Å². The summed E-state index contributed by atoms with van der Waals surface area (Å²) in [5, 5.41) is 7.48. The van der Waals surface area contributed by atoms with Gasteiger partial charge in [-0.1, -0.05) is 6.08 Å². The smallest absolute Gasteiger partial charge is 0.0774 e. The van der Waals surface area contributed by atoms with E-state index in [2.05, 4.69) is 4.57 Å². The molecule has 0 spiro atoms. The predicted octanol–water partition coefficient (Wildman–Crippen LogP) is 1.43. The molecule has 2 nitrogen and oxygen atoms in total. The Bertz CT molecular complexity index is 294. The van der Waals surface area contributed by atoms with Crippen LogP contribution < -0.4 is 0 Å². The number of hydrogen-bond donors (Lipinski definition) is 1. The number of aromatic nitrogens is 1. The van der Waals surface area contributed by atoms with E-state index >= 15 is 0 Å². The molecule has 0 aromatic carbocycles. The van der Waals surface area contributed by atoms with Crippen molar-refractivity contribution in [2.75, 3.05) is 0 Å². The van der Waals surface area contributed by atoms with E-state index in [1.807, 2.05) is 30.5 Å². The monoisotopic (exact) mass is 132 g/mol. The maximum absolute atomic E-state index is 7.48. The lowest BCUT2D eigenvalue weighted by molar-refractivity contribution is 0.812. The second-order valence-corrected chi connectivity index (χ2v) is 2.36. The van der Waals surface area contributed by atoms with Crippen molar-refractivity contribution < 1.29 is 0 Å². The molecular weight excluding hydrogens is 124 g/mol. The average Bonchev–Trinajstić information content (AvgIpc) is 2.36. The van der Waals surface area contributed by atoms with Gasteiger partial charge in [-0.3, -0.25) is 5.41 Å². The Hall–Kier alpha value is -1.31. The molecule has 0 saturated carbocycles. The molecule has 1 aromatic rings. The summed E-state index contributed by atoms with van der Waals surface area (Å²) in [5.41, 5.74) is 1.62. The first-order chi connectivity index (χ1) is 4.88. The molecule has 0 amide bonds. The average molecular weight is 132 g/mol. The maximum Gasteiger partial charge on any atom is 0.0774 e. The molecular formula is C8H8N2. The molecule has 1 aromatic heterocycles. The van der Waals surface area contributed by atoms with Crippen LogP contribution in [0.25, 0.3) is 0 Å². The zero-order valence-corrected chi connectivity index (χ0v) is 5.54. The molecule has 2 rings (SSSR count). The Morgan fingerprint density at radius 2 is 2.40 bits per heavy atom. The third-order valence-electron chi connectivity index (χ3n) is 1.69. The molecule has 0 bridgehead atoms. The maximum atomic E-state index is 7.48. The van der Waals surface area contributed by atoms with E-state index < -0.39 is 0 Å². The highest BCUT2D eigenvalue weighted by Gasteiger charge is 2.05. The summed E-state index contributed by atoms with van der Waals surface area (Å²) in [5.74, 6) is 0. The summed E-state index contributed by atoms with van der Waals surface area (Å²) >= 11 is 0. The van der Waals surface area contributed by atoms with Crippen molar-refractivity contribution >= 4 is 5.71 Å². The molecule has 0 unspecified atom stereocenters. The van der Waals surface area contributed by atoms with E-state index in [4.69, 9.17) is 5.41 Å². The molecule has 50 valence electrons. The van der Waals surface area contributed by atoms with Gasteiger partial charge in [0.15, 0.2) is 0 Å². The molecule has 1 aliphatic heterocycles. The fourth-order valence-electron chi connectivity index (χ4n) is 1.19. The largest absolute Gasteiger partial charge is 0.342 e. The van der Waals surface area contributed by atoms with Gasteiger partial charge in [0.2, 0.25) is 0 Å². The molecule has 0 aliphatic carbocycles. The van der Waals surface area contributed by atoms with Gasteiger partial charge in [0.05, 0.1) is 11.4 Å². The van der Waals surface area contributed by atoms with E-state index in [9.17, 15) is 0 Å². The molecule has 0 atom stereocenters. The lowest BCUT2D eigenvalue weighted by Gasteiger charge is -2.09. The molecule has 1 aliphatic rings.